The highest BCUT2D eigenvalue weighted by atomic mass is 16.5. The predicted molar refractivity (Wildman–Crippen MR) is 91.8 cm³/mol. The Morgan fingerprint density at radius 3 is 2.44 bits per heavy atom. The molecular formula is C18H20N2O5. The van der Waals surface area contributed by atoms with Gasteiger partial charge in [0, 0.05) is 5.56 Å². The highest BCUT2D eigenvalue weighted by Gasteiger charge is 2.14. The molecule has 132 valence electrons. The van der Waals surface area contributed by atoms with E-state index in [0.717, 1.165) is 6.42 Å². The Kier molecular flexibility index (Phi) is 6.22. The van der Waals surface area contributed by atoms with Crippen LogP contribution in [0.2, 0.25) is 0 Å². The number of rotatable bonds is 6. The quantitative estimate of drug-likeness (QED) is 0.699. The Bertz CT molecular complexity index is 761. The normalized spacial score (nSPS) is 10.0. The molecule has 0 aliphatic heterocycles. The maximum atomic E-state index is 12.2. The molecule has 25 heavy (non-hydrogen) atoms. The minimum atomic E-state index is -0.624. The lowest BCUT2D eigenvalue weighted by molar-refractivity contribution is 0.0845. The van der Waals surface area contributed by atoms with Crippen molar-refractivity contribution in [2.75, 3.05) is 13.7 Å². The summed E-state index contributed by atoms with van der Waals surface area (Å²) in [6.07, 6.45) is 0.851. The molecule has 2 amide bonds. The van der Waals surface area contributed by atoms with Gasteiger partial charge in [0.05, 0.1) is 19.3 Å². The average Bonchev–Trinajstić information content (AvgIpc) is 2.64. The molecule has 0 radical (unpaired) electrons. The lowest BCUT2D eigenvalue weighted by Gasteiger charge is -2.12. The predicted octanol–water partition coefficient (Wildman–Crippen LogP) is 2.26. The van der Waals surface area contributed by atoms with Crippen molar-refractivity contribution in [1.82, 2.24) is 10.9 Å². The third-order valence-corrected chi connectivity index (χ3v) is 3.33. The molecule has 3 N–H and O–H groups in total. The molecule has 0 bridgehead atoms. The van der Waals surface area contributed by atoms with E-state index in [2.05, 4.69) is 10.9 Å². The fourth-order valence-corrected chi connectivity index (χ4v) is 2.06. The number of phenols is 1. The molecular weight excluding hydrogens is 324 g/mol. The van der Waals surface area contributed by atoms with Crippen molar-refractivity contribution in [2.24, 2.45) is 0 Å². The van der Waals surface area contributed by atoms with Crippen molar-refractivity contribution >= 4 is 11.8 Å². The van der Waals surface area contributed by atoms with Crippen molar-refractivity contribution in [3.05, 3.63) is 53.6 Å². The van der Waals surface area contributed by atoms with E-state index >= 15 is 0 Å². The van der Waals surface area contributed by atoms with Crippen molar-refractivity contribution in [3.63, 3.8) is 0 Å². The van der Waals surface area contributed by atoms with Crippen LogP contribution in [-0.4, -0.2) is 30.6 Å². The summed E-state index contributed by atoms with van der Waals surface area (Å²) in [5.74, 6) is -0.356. The number of amides is 2. The molecule has 0 aliphatic rings. The highest BCUT2D eigenvalue weighted by Crippen LogP contribution is 2.28. The Hall–Kier alpha value is -3.22. The van der Waals surface area contributed by atoms with E-state index in [4.69, 9.17) is 9.47 Å². The third kappa shape index (κ3) is 4.63. The average molecular weight is 344 g/mol. The molecule has 0 heterocycles. The molecule has 0 unspecified atom stereocenters. The van der Waals surface area contributed by atoms with Crippen LogP contribution in [0.3, 0.4) is 0 Å². The number of ether oxygens (including phenoxy) is 2. The van der Waals surface area contributed by atoms with Crippen LogP contribution in [0.25, 0.3) is 0 Å². The third-order valence-electron chi connectivity index (χ3n) is 3.33. The SMILES string of the molecule is CCCOc1ccc(C(=O)NNC(=O)c2ccccc2O)cc1OC. The number of hydrogen-bond acceptors (Lipinski definition) is 5. The number of nitrogens with one attached hydrogen (secondary N) is 2. The van der Waals surface area contributed by atoms with Crippen molar-refractivity contribution in [3.8, 4) is 17.2 Å². The molecule has 0 spiro atoms. The minimum Gasteiger partial charge on any atom is -0.507 e. The molecule has 0 saturated heterocycles. The maximum absolute atomic E-state index is 12.2. The van der Waals surface area contributed by atoms with Gasteiger partial charge < -0.3 is 14.6 Å². The molecule has 2 aromatic carbocycles. The number of aromatic hydroxyl groups is 1. The molecule has 7 nitrogen and oxygen atoms in total. The van der Waals surface area contributed by atoms with Gasteiger partial charge >= 0.3 is 0 Å². The van der Waals surface area contributed by atoms with Gasteiger partial charge in [-0.3, -0.25) is 20.4 Å². The number of carbonyl (C=O) groups excluding carboxylic acids is 2. The second-order valence-corrected chi connectivity index (χ2v) is 5.14. The van der Waals surface area contributed by atoms with Crippen LogP contribution < -0.4 is 20.3 Å². The zero-order chi connectivity index (χ0) is 18.2. The minimum absolute atomic E-state index is 0.0590. The number of methoxy groups -OCH3 is 1. The molecule has 0 fully saturated rings. The number of benzene rings is 2. The van der Waals surface area contributed by atoms with Gasteiger partial charge in [-0.25, -0.2) is 0 Å². The van der Waals surface area contributed by atoms with E-state index < -0.39 is 11.8 Å². The van der Waals surface area contributed by atoms with Crippen LogP contribution in [0.15, 0.2) is 42.5 Å². The first-order valence-electron chi connectivity index (χ1n) is 7.76. The summed E-state index contributed by atoms with van der Waals surface area (Å²) in [4.78, 5) is 24.1. The maximum Gasteiger partial charge on any atom is 0.273 e. The van der Waals surface area contributed by atoms with E-state index in [0.29, 0.717) is 23.7 Å². The highest BCUT2D eigenvalue weighted by molar-refractivity contribution is 6.00. The van der Waals surface area contributed by atoms with Crippen LogP contribution in [0, 0.1) is 0 Å². The summed E-state index contributed by atoms with van der Waals surface area (Å²) in [6.45, 7) is 2.53. The number of carbonyl (C=O) groups is 2. The van der Waals surface area contributed by atoms with E-state index in [1.807, 2.05) is 6.92 Å². The second kappa shape index (κ2) is 8.58. The molecule has 0 atom stereocenters. The van der Waals surface area contributed by atoms with Crippen molar-refractivity contribution < 1.29 is 24.2 Å². The zero-order valence-corrected chi connectivity index (χ0v) is 14.0. The number of para-hydroxylation sites is 1. The lowest BCUT2D eigenvalue weighted by Crippen LogP contribution is -2.41. The molecule has 7 heteroatoms. The molecule has 0 aliphatic carbocycles. The topological polar surface area (TPSA) is 96.9 Å². The standard InChI is InChI=1S/C18H20N2O5/c1-3-10-25-15-9-8-12(11-16(15)24-2)17(22)19-20-18(23)13-6-4-5-7-14(13)21/h4-9,11,21H,3,10H2,1-2H3,(H,19,22)(H,20,23). The monoisotopic (exact) mass is 344 g/mol. The Morgan fingerprint density at radius 2 is 1.76 bits per heavy atom. The van der Waals surface area contributed by atoms with E-state index in [1.54, 1.807) is 24.3 Å². The zero-order valence-electron chi connectivity index (χ0n) is 14.0. The molecule has 2 rings (SSSR count). The van der Waals surface area contributed by atoms with Gasteiger partial charge in [-0.05, 0) is 36.8 Å². The van der Waals surface area contributed by atoms with Gasteiger partial charge in [-0.15, -0.1) is 0 Å². The summed E-state index contributed by atoms with van der Waals surface area (Å²) in [5, 5.41) is 9.63. The lowest BCUT2D eigenvalue weighted by atomic mass is 10.2. The smallest absolute Gasteiger partial charge is 0.273 e. The first kappa shape index (κ1) is 18.1. The fourth-order valence-electron chi connectivity index (χ4n) is 2.06. The summed E-state index contributed by atoms with van der Waals surface area (Å²) in [5.41, 5.74) is 4.90. The van der Waals surface area contributed by atoms with Gasteiger partial charge in [0.1, 0.15) is 5.75 Å². The van der Waals surface area contributed by atoms with E-state index in [1.165, 1.54) is 25.3 Å². The summed E-state index contributed by atoms with van der Waals surface area (Å²) < 4.78 is 10.7. The summed E-state index contributed by atoms with van der Waals surface area (Å²) >= 11 is 0. The van der Waals surface area contributed by atoms with Gasteiger partial charge in [0.15, 0.2) is 11.5 Å². The van der Waals surface area contributed by atoms with Gasteiger partial charge in [0.25, 0.3) is 11.8 Å². The van der Waals surface area contributed by atoms with E-state index in [-0.39, 0.29) is 11.3 Å². The molecule has 0 saturated carbocycles. The van der Waals surface area contributed by atoms with Gasteiger partial charge in [-0.2, -0.15) is 0 Å². The number of hydrogen-bond donors (Lipinski definition) is 3. The van der Waals surface area contributed by atoms with Crippen LogP contribution in [0.5, 0.6) is 17.2 Å². The van der Waals surface area contributed by atoms with Crippen LogP contribution in [0.1, 0.15) is 34.1 Å². The Labute approximate surface area is 145 Å². The van der Waals surface area contributed by atoms with Crippen molar-refractivity contribution in [2.45, 2.75) is 13.3 Å². The first-order valence-corrected chi connectivity index (χ1v) is 7.76. The number of phenolic OH excluding ortho intramolecular Hbond substituents is 1. The fraction of sp³-hybridized carbons (Fsp3) is 0.222. The van der Waals surface area contributed by atoms with Gasteiger partial charge in [0.2, 0.25) is 0 Å². The van der Waals surface area contributed by atoms with Crippen LogP contribution in [-0.2, 0) is 0 Å². The van der Waals surface area contributed by atoms with E-state index in [9.17, 15) is 14.7 Å². The summed E-state index contributed by atoms with van der Waals surface area (Å²) in [7, 11) is 1.48. The second-order valence-electron chi connectivity index (χ2n) is 5.14. The number of hydrazine groups is 1. The van der Waals surface area contributed by atoms with Crippen LogP contribution in [0.4, 0.5) is 0 Å². The van der Waals surface area contributed by atoms with Crippen molar-refractivity contribution in [1.29, 1.82) is 0 Å². The first-order chi connectivity index (χ1) is 12.1. The molecule has 2 aromatic rings. The Morgan fingerprint density at radius 1 is 1.04 bits per heavy atom. The van der Waals surface area contributed by atoms with Gasteiger partial charge in [-0.1, -0.05) is 19.1 Å². The largest absolute Gasteiger partial charge is 0.507 e. The Balaban J connectivity index is 2.03. The van der Waals surface area contributed by atoms with Crippen LogP contribution >= 0.6 is 0 Å². The summed E-state index contributed by atoms with van der Waals surface area (Å²) in [6, 6.07) is 10.8. The molecule has 0 aromatic heterocycles.